The largest absolute Gasteiger partial charge is 0.497 e. The maximum Gasteiger partial charge on any atom is 0.271 e. The summed E-state index contributed by atoms with van der Waals surface area (Å²) in [5.74, 6) is 1.27. The maximum absolute atomic E-state index is 13.1. The summed E-state index contributed by atoms with van der Waals surface area (Å²) in [5, 5.41) is 1.92. The number of amides is 1. The fourth-order valence-electron chi connectivity index (χ4n) is 3.85. The molecule has 4 aromatic rings. The first-order valence-electron chi connectivity index (χ1n) is 10.2. The lowest BCUT2D eigenvalue weighted by Gasteiger charge is -2.30. The van der Waals surface area contributed by atoms with Crippen LogP contribution in [-0.4, -0.2) is 35.7 Å². The number of thiophene rings is 1. The molecule has 0 atom stereocenters. The number of hydrogen-bond acceptors (Lipinski definition) is 6. The Morgan fingerprint density at radius 2 is 2.03 bits per heavy atom. The standard InChI is InChI=1S/C24H21N3O4S/c1-15-3-8-20-19(11-15)27(9-10-31-20)21(28)12-26-14-25-22-18(13-32-23(22)24(26)29)16-4-6-17(30-2)7-5-16/h3-8,11,13-14H,9-10,12H2,1-2H3. The van der Waals surface area contributed by atoms with E-state index in [2.05, 4.69) is 4.98 Å². The maximum atomic E-state index is 13.1. The normalized spacial score (nSPS) is 13.0. The van der Waals surface area contributed by atoms with Crippen LogP contribution in [0.3, 0.4) is 0 Å². The van der Waals surface area contributed by atoms with E-state index in [0.717, 1.165) is 28.1 Å². The van der Waals surface area contributed by atoms with Gasteiger partial charge in [0.05, 0.1) is 31.2 Å². The molecule has 1 aliphatic heterocycles. The number of fused-ring (bicyclic) bond motifs is 2. The number of hydrogen-bond donors (Lipinski definition) is 0. The summed E-state index contributed by atoms with van der Waals surface area (Å²) in [7, 11) is 1.62. The van der Waals surface area contributed by atoms with Crippen LogP contribution in [0.25, 0.3) is 21.3 Å². The summed E-state index contributed by atoms with van der Waals surface area (Å²) in [6, 6.07) is 13.4. The monoisotopic (exact) mass is 447 g/mol. The molecular formula is C24H21N3O4S. The summed E-state index contributed by atoms with van der Waals surface area (Å²) in [6.45, 7) is 2.76. The molecule has 0 aliphatic carbocycles. The lowest BCUT2D eigenvalue weighted by atomic mass is 10.1. The minimum absolute atomic E-state index is 0.0784. The number of anilines is 1. The molecule has 0 saturated carbocycles. The van der Waals surface area contributed by atoms with Gasteiger partial charge in [-0.1, -0.05) is 18.2 Å². The molecule has 32 heavy (non-hydrogen) atoms. The van der Waals surface area contributed by atoms with Crippen LogP contribution in [0, 0.1) is 6.92 Å². The zero-order valence-corrected chi connectivity index (χ0v) is 18.5. The van der Waals surface area contributed by atoms with E-state index >= 15 is 0 Å². The molecule has 5 rings (SSSR count). The molecular weight excluding hydrogens is 426 g/mol. The van der Waals surface area contributed by atoms with Crippen LogP contribution in [0.4, 0.5) is 5.69 Å². The quantitative estimate of drug-likeness (QED) is 0.475. The predicted octanol–water partition coefficient (Wildman–Crippen LogP) is 3.87. The van der Waals surface area contributed by atoms with Gasteiger partial charge in [-0.15, -0.1) is 11.3 Å². The van der Waals surface area contributed by atoms with Gasteiger partial charge in [0.2, 0.25) is 5.91 Å². The van der Waals surface area contributed by atoms with Gasteiger partial charge in [0, 0.05) is 10.9 Å². The van der Waals surface area contributed by atoms with Crippen LogP contribution in [0.1, 0.15) is 5.56 Å². The summed E-state index contributed by atoms with van der Waals surface area (Å²) in [4.78, 5) is 32.4. The highest BCUT2D eigenvalue weighted by Crippen LogP contribution is 2.33. The first kappa shape index (κ1) is 20.3. The highest BCUT2D eigenvalue weighted by Gasteiger charge is 2.24. The van der Waals surface area contributed by atoms with Crippen molar-refractivity contribution in [2.75, 3.05) is 25.2 Å². The lowest BCUT2D eigenvalue weighted by Crippen LogP contribution is -2.41. The summed E-state index contributed by atoms with van der Waals surface area (Å²) in [6.07, 6.45) is 1.46. The van der Waals surface area contributed by atoms with Crippen molar-refractivity contribution in [1.82, 2.24) is 9.55 Å². The Hall–Kier alpha value is -3.65. The van der Waals surface area contributed by atoms with Crippen LogP contribution >= 0.6 is 11.3 Å². The van der Waals surface area contributed by atoms with Gasteiger partial charge < -0.3 is 14.4 Å². The molecule has 162 valence electrons. The Balaban J connectivity index is 1.45. The van der Waals surface area contributed by atoms with E-state index in [1.807, 2.05) is 54.8 Å². The molecule has 8 heteroatoms. The number of benzene rings is 2. The number of nitrogens with zero attached hydrogens (tertiary/aromatic N) is 3. The highest BCUT2D eigenvalue weighted by atomic mass is 32.1. The van der Waals surface area contributed by atoms with Gasteiger partial charge in [0.1, 0.15) is 29.4 Å². The third-order valence-corrected chi connectivity index (χ3v) is 6.49. The van der Waals surface area contributed by atoms with Gasteiger partial charge in [-0.05, 0) is 42.3 Å². The smallest absolute Gasteiger partial charge is 0.271 e. The minimum atomic E-state index is -0.217. The van der Waals surface area contributed by atoms with Crippen molar-refractivity contribution in [3.8, 4) is 22.6 Å². The Morgan fingerprint density at radius 1 is 1.22 bits per heavy atom. The van der Waals surface area contributed by atoms with E-state index in [9.17, 15) is 9.59 Å². The number of aryl methyl sites for hydroxylation is 1. The van der Waals surface area contributed by atoms with Crippen LogP contribution in [0.5, 0.6) is 11.5 Å². The minimum Gasteiger partial charge on any atom is -0.497 e. The molecule has 0 fully saturated rings. The van der Waals surface area contributed by atoms with Crippen LogP contribution in [0.2, 0.25) is 0 Å². The molecule has 0 unspecified atom stereocenters. The molecule has 0 spiro atoms. The van der Waals surface area contributed by atoms with Gasteiger partial charge in [0.25, 0.3) is 5.56 Å². The summed E-state index contributed by atoms with van der Waals surface area (Å²) in [5.41, 5.74) is 4.05. The van der Waals surface area contributed by atoms with Crippen molar-refractivity contribution in [2.24, 2.45) is 0 Å². The van der Waals surface area contributed by atoms with Crippen molar-refractivity contribution in [3.05, 3.63) is 70.1 Å². The number of rotatable bonds is 4. The fraction of sp³-hybridized carbons (Fsp3) is 0.208. The van der Waals surface area contributed by atoms with Crippen molar-refractivity contribution >= 4 is 33.1 Å². The average molecular weight is 448 g/mol. The molecule has 0 bridgehead atoms. The molecule has 2 aromatic heterocycles. The van der Waals surface area contributed by atoms with E-state index in [4.69, 9.17) is 9.47 Å². The van der Waals surface area contributed by atoms with Crippen molar-refractivity contribution < 1.29 is 14.3 Å². The van der Waals surface area contributed by atoms with Crippen molar-refractivity contribution in [1.29, 1.82) is 0 Å². The lowest BCUT2D eigenvalue weighted by molar-refractivity contribution is -0.119. The Labute approximate surface area is 188 Å². The number of carbonyl (C=O) groups excluding carboxylic acids is 1. The number of methoxy groups -OCH3 is 1. The molecule has 1 aliphatic rings. The third-order valence-electron chi connectivity index (χ3n) is 5.53. The van der Waals surface area contributed by atoms with E-state index in [0.29, 0.717) is 29.1 Å². The molecule has 0 saturated heterocycles. The summed E-state index contributed by atoms with van der Waals surface area (Å²) < 4.78 is 12.8. The van der Waals surface area contributed by atoms with E-state index < -0.39 is 0 Å². The zero-order chi connectivity index (χ0) is 22.2. The Kier molecular flexibility index (Phi) is 5.14. The molecule has 2 aromatic carbocycles. The highest BCUT2D eigenvalue weighted by molar-refractivity contribution is 7.17. The number of ether oxygens (including phenoxy) is 2. The van der Waals surface area contributed by atoms with Crippen molar-refractivity contribution in [2.45, 2.75) is 13.5 Å². The number of aromatic nitrogens is 2. The first-order valence-corrected chi connectivity index (χ1v) is 11.1. The van der Waals surface area contributed by atoms with Crippen molar-refractivity contribution in [3.63, 3.8) is 0 Å². The summed E-state index contributed by atoms with van der Waals surface area (Å²) >= 11 is 1.34. The molecule has 1 amide bonds. The second-order valence-electron chi connectivity index (χ2n) is 7.60. The molecule has 0 radical (unpaired) electrons. The molecule has 0 N–H and O–H groups in total. The second-order valence-corrected chi connectivity index (χ2v) is 8.48. The van der Waals surface area contributed by atoms with Gasteiger partial charge in [-0.2, -0.15) is 0 Å². The number of carbonyl (C=O) groups is 1. The second kappa shape index (κ2) is 8.12. The Bertz CT molecular complexity index is 1370. The predicted molar refractivity (Wildman–Crippen MR) is 125 cm³/mol. The van der Waals surface area contributed by atoms with E-state index in [1.165, 1.54) is 22.2 Å². The van der Waals surface area contributed by atoms with Gasteiger partial charge in [-0.3, -0.25) is 14.2 Å². The third kappa shape index (κ3) is 3.52. The van der Waals surface area contributed by atoms with E-state index in [1.54, 1.807) is 12.0 Å². The van der Waals surface area contributed by atoms with Crippen LogP contribution in [-0.2, 0) is 11.3 Å². The molecule has 7 nitrogen and oxygen atoms in total. The van der Waals surface area contributed by atoms with Gasteiger partial charge in [0.15, 0.2) is 0 Å². The zero-order valence-electron chi connectivity index (χ0n) is 17.7. The van der Waals surface area contributed by atoms with Crippen LogP contribution < -0.4 is 19.9 Å². The Morgan fingerprint density at radius 3 is 2.81 bits per heavy atom. The van der Waals surface area contributed by atoms with E-state index in [-0.39, 0.29) is 18.0 Å². The first-order chi connectivity index (χ1) is 15.5. The molecule has 3 heterocycles. The topological polar surface area (TPSA) is 73.7 Å². The fourth-order valence-corrected chi connectivity index (χ4v) is 4.82. The SMILES string of the molecule is COc1ccc(-c2csc3c(=O)n(CC(=O)N4CCOc5ccc(C)cc54)cnc23)cc1. The van der Waals surface area contributed by atoms with Gasteiger partial charge in [-0.25, -0.2) is 4.98 Å². The van der Waals surface area contributed by atoms with Crippen LogP contribution in [0.15, 0.2) is 59.0 Å². The average Bonchev–Trinajstić information content (AvgIpc) is 3.25. The van der Waals surface area contributed by atoms with Gasteiger partial charge >= 0.3 is 0 Å².